The molecular weight excluding hydrogens is 206 g/mol. The first-order chi connectivity index (χ1) is 7.51. The molecule has 0 saturated heterocycles. The molecule has 0 spiro atoms. The molecule has 0 fully saturated rings. The second-order valence-corrected chi connectivity index (χ2v) is 4.16. The van der Waals surface area contributed by atoms with Crippen LogP contribution in [0.15, 0.2) is 17.0 Å². The highest BCUT2D eigenvalue weighted by atomic mass is 16.5. The Labute approximate surface area is 96.7 Å². The van der Waals surface area contributed by atoms with Crippen molar-refractivity contribution in [3.05, 3.63) is 12.0 Å². The van der Waals surface area contributed by atoms with E-state index in [1.54, 1.807) is 12.3 Å². The first-order valence-corrected chi connectivity index (χ1v) is 5.44. The Hall–Kier alpha value is -1.27. The van der Waals surface area contributed by atoms with Crippen molar-refractivity contribution in [1.82, 2.24) is 21.5 Å². The highest BCUT2D eigenvalue weighted by Crippen LogP contribution is 2.00. The van der Waals surface area contributed by atoms with Crippen LogP contribution in [0.5, 0.6) is 0 Å². The number of amidine groups is 1. The zero-order chi connectivity index (χ0) is 12.1. The molecule has 0 atom stereocenters. The summed E-state index contributed by atoms with van der Waals surface area (Å²) in [5.41, 5.74) is 9.25. The molecule has 16 heavy (non-hydrogen) atoms. The van der Waals surface area contributed by atoms with E-state index in [-0.39, 0.29) is 6.04 Å². The van der Waals surface area contributed by atoms with Crippen molar-refractivity contribution < 1.29 is 4.74 Å². The fourth-order valence-corrected chi connectivity index (χ4v) is 1.21. The zero-order valence-electron chi connectivity index (χ0n) is 10.5. The Balaban J connectivity index is 2.73. The van der Waals surface area contributed by atoms with E-state index in [1.165, 1.54) is 0 Å². The Bertz CT molecular complexity index is 285. The molecule has 0 amide bonds. The summed E-state index contributed by atoms with van der Waals surface area (Å²) in [4.78, 5) is 4.42. The molecule has 6 heteroatoms. The first-order valence-electron chi connectivity index (χ1n) is 5.44. The lowest BCUT2D eigenvalue weighted by molar-refractivity contribution is 0.0426. The van der Waals surface area contributed by atoms with Crippen molar-refractivity contribution in [3.8, 4) is 0 Å². The van der Waals surface area contributed by atoms with E-state index in [9.17, 15) is 0 Å². The van der Waals surface area contributed by atoms with Crippen molar-refractivity contribution in [2.75, 3.05) is 7.11 Å². The molecule has 92 valence electrons. The molecule has 0 radical (unpaired) electrons. The molecule has 0 aromatic carbocycles. The van der Waals surface area contributed by atoms with Crippen LogP contribution in [-0.4, -0.2) is 30.3 Å². The third-order valence-corrected chi connectivity index (χ3v) is 1.72. The lowest BCUT2D eigenvalue weighted by atomic mass is 10.4. The summed E-state index contributed by atoms with van der Waals surface area (Å²) in [6.07, 6.45) is 1.82. The summed E-state index contributed by atoms with van der Waals surface area (Å²) < 4.78 is 5.16. The average molecular weight is 227 g/mol. The van der Waals surface area contributed by atoms with Crippen molar-refractivity contribution in [3.63, 3.8) is 0 Å². The molecule has 0 unspecified atom stereocenters. The normalized spacial score (nSPS) is 19.7. The maximum absolute atomic E-state index is 5.16. The van der Waals surface area contributed by atoms with Gasteiger partial charge in [0, 0.05) is 18.2 Å². The topological polar surface area (TPSA) is 60.9 Å². The summed E-state index contributed by atoms with van der Waals surface area (Å²) in [5, 5.41) is 1.64. The minimum atomic E-state index is 0.232. The highest BCUT2D eigenvalue weighted by molar-refractivity contribution is 5.93. The zero-order valence-corrected chi connectivity index (χ0v) is 10.5. The van der Waals surface area contributed by atoms with Crippen LogP contribution in [0, 0.1) is 0 Å². The molecule has 1 rings (SSSR count). The Morgan fingerprint density at radius 1 is 1.31 bits per heavy atom. The monoisotopic (exact) mass is 227 g/mol. The van der Waals surface area contributed by atoms with Crippen LogP contribution in [0.3, 0.4) is 0 Å². The van der Waals surface area contributed by atoms with Crippen molar-refractivity contribution >= 4 is 5.84 Å². The van der Waals surface area contributed by atoms with Gasteiger partial charge >= 0.3 is 0 Å². The smallest absolute Gasteiger partial charge is 0.207 e. The summed E-state index contributed by atoms with van der Waals surface area (Å²) >= 11 is 0. The van der Waals surface area contributed by atoms with E-state index in [2.05, 4.69) is 21.3 Å². The lowest BCUT2D eigenvalue weighted by Crippen LogP contribution is -2.61. The SMILES string of the molecule is COC1=CC(=NC(C)C)NN(NC(C)C)N1. The van der Waals surface area contributed by atoms with E-state index in [0.717, 1.165) is 5.84 Å². The van der Waals surface area contributed by atoms with Gasteiger partial charge in [0.25, 0.3) is 0 Å². The number of hydrazine groups is 3. The molecule has 1 aliphatic heterocycles. The van der Waals surface area contributed by atoms with E-state index < -0.39 is 0 Å². The molecule has 6 nitrogen and oxygen atoms in total. The summed E-state index contributed by atoms with van der Waals surface area (Å²) in [5.74, 6) is 1.41. The lowest BCUT2D eigenvalue weighted by Gasteiger charge is -2.31. The standard InChI is InChI=1S/C10H21N5O/c1-7(2)11-9-6-10(16-5)14-15(13-9)12-8(3)4/h6-8,12,14H,1-5H3,(H,11,13). The summed E-state index contributed by atoms with van der Waals surface area (Å²) in [6.45, 7) is 8.15. The number of nitrogens with one attached hydrogen (secondary N) is 3. The summed E-state index contributed by atoms with van der Waals surface area (Å²) in [7, 11) is 1.62. The molecule has 0 aromatic rings. The fourth-order valence-electron chi connectivity index (χ4n) is 1.21. The van der Waals surface area contributed by atoms with E-state index >= 15 is 0 Å². The molecular formula is C10H21N5O. The number of methoxy groups -OCH3 is 1. The van der Waals surface area contributed by atoms with E-state index in [0.29, 0.717) is 11.9 Å². The van der Waals surface area contributed by atoms with Gasteiger partial charge in [-0.1, -0.05) is 5.23 Å². The number of nitrogens with zero attached hydrogens (tertiary/aromatic N) is 2. The van der Waals surface area contributed by atoms with Crippen LogP contribution in [0.2, 0.25) is 0 Å². The number of hydrogen-bond acceptors (Lipinski definition) is 5. The Morgan fingerprint density at radius 2 is 2.00 bits per heavy atom. The van der Waals surface area contributed by atoms with Gasteiger partial charge in [0.15, 0.2) is 0 Å². The molecule has 0 saturated carbocycles. The third kappa shape index (κ3) is 4.08. The van der Waals surface area contributed by atoms with Crippen molar-refractivity contribution in [2.45, 2.75) is 39.8 Å². The van der Waals surface area contributed by atoms with Crippen molar-refractivity contribution in [2.24, 2.45) is 4.99 Å². The predicted molar refractivity (Wildman–Crippen MR) is 64.0 cm³/mol. The van der Waals surface area contributed by atoms with Gasteiger partial charge in [-0.2, -0.15) is 0 Å². The van der Waals surface area contributed by atoms with Crippen LogP contribution >= 0.6 is 0 Å². The van der Waals surface area contributed by atoms with Gasteiger partial charge in [0.2, 0.25) is 5.88 Å². The number of hydrogen-bond donors (Lipinski definition) is 3. The number of ether oxygens (including phenoxy) is 1. The van der Waals surface area contributed by atoms with Crippen LogP contribution in [-0.2, 0) is 4.74 Å². The number of rotatable bonds is 4. The maximum Gasteiger partial charge on any atom is 0.207 e. The van der Waals surface area contributed by atoms with Crippen molar-refractivity contribution in [1.29, 1.82) is 0 Å². The second-order valence-electron chi connectivity index (χ2n) is 4.16. The summed E-state index contributed by atoms with van der Waals surface area (Å²) in [6, 6.07) is 0.535. The van der Waals surface area contributed by atoms with Gasteiger partial charge in [-0.15, -0.1) is 0 Å². The molecule has 0 bridgehead atoms. The average Bonchev–Trinajstić information content (AvgIpc) is 2.14. The first kappa shape index (κ1) is 12.8. The molecule has 0 aromatic heterocycles. The predicted octanol–water partition coefficient (Wildman–Crippen LogP) is 0.519. The van der Waals surface area contributed by atoms with Crippen LogP contribution in [0.4, 0.5) is 0 Å². The molecule has 0 aliphatic carbocycles. The Morgan fingerprint density at radius 3 is 2.50 bits per heavy atom. The largest absolute Gasteiger partial charge is 0.481 e. The minimum Gasteiger partial charge on any atom is -0.481 e. The van der Waals surface area contributed by atoms with Gasteiger partial charge in [-0.05, 0) is 27.7 Å². The molecule has 1 aliphatic rings. The van der Waals surface area contributed by atoms with Gasteiger partial charge < -0.3 is 4.74 Å². The van der Waals surface area contributed by atoms with Gasteiger partial charge in [-0.3, -0.25) is 15.8 Å². The van der Waals surface area contributed by atoms with Crippen LogP contribution < -0.4 is 16.3 Å². The van der Waals surface area contributed by atoms with Crippen LogP contribution in [0.25, 0.3) is 0 Å². The molecule has 1 heterocycles. The van der Waals surface area contributed by atoms with Gasteiger partial charge in [0.1, 0.15) is 5.84 Å². The van der Waals surface area contributed by atoms with Crippen LogP contribution in [0.1, 0.15) is 27.7 Å². The molecule has 3 N–H and O–H groups in total. The minimum absolute atomic E-state index is 0.232. The number of aliphatic imine (C=N–C) groups is 1. The van der Waals surface area contributed by atoms with Gasteiger partial charge in [-0.25, -0.2) is 5.43 Å². The van der Waals surface area contributed by atoms with E-state index in [4.69, 9.17) is 4.74 Å². The van der Waals surface area contributed by atoms with E-state index in [1.807, 2.05) is 33.8 Å². The third-order valence-electron chi connectivity index (χ3n) is 1.72. The highest BCUT2D eigenvalue weighted by Gasteiger charge is 2.16. The Kier molecular flexibility index (Phi) is 4.57. The quantitative estimate of drug-likeness (QED) is 0.653. The second kappa shape index (κ2) is 5.72. The van der Waals surface area contributed by atoms with Gasteiger partial charge in [0.05, 0.1) is 7.11 Å². The maximum atomic E-state index is 5.16. The fraction of sp³-hybridized carbons (Fsp3) is 0.700.